The van der Waals surface area contributed by atoms with E-state index in [1.807, 2.05) is 0 Å². The summed E-state index contributed by atoms with van der Waals surface area (Å²) in [5.41, 5.74) is 1.93. The molecule has 21 heavy (non-hydrogen) atoms. The molecule has 0 aliphatic heterocycles. The molecule has 1 atom stereocenters. The fourth-order valence-corrected chi connectivity index (χ4v) is 3.98. The van der Waals surface area contributed by atoms with E-state index in [1.54, 1.807) is 5.57 Å². The lowest BCUT2D eigenvalue weighted by Crippen LogP contribution is -2.59. The normalized spacial score (nSPS) is 19.0. The molecule has 2 nitrogen and oxygen atoms in total. The monoisotopic (exact) mass is 294 g/mol. The van der Waals surface area contributed by atoms with Gasteiger partial charge < -0.3 is 10.2 Å². The zero-order chi connectivity index (χ0) is 15.7. The van der Waals surface area contributed by atoms with Crippen molar-refractivity contribution in [3.05, 3.63) is 11.6 Å². The van der Waals surface area contributed by atoms with Crippen molar-refractivity contribution in [3.8, 4) is 0 Å². The number of hydrogen-bond acceptors (Lipinski definition) is 2. The molecule has 0 heterocycles. The molecule has 124 valence electrons. The first-order chi connectivity index (χ1) is 10.1. The van der Waals surface area contributed by atoms with Gasteiger partial charge in [-0.3, -0.25) is 0 Å². The number of nitrogens with zero attached hydrogens (tertiary/aromatic N) is 1. The van der Waals surface area contributed by atoms with Crippen molar-refractivity contribution < 1.29 is 0 Å². The van der Waals surface area contributed by atoms with Gasteiger partial charge in [0.1, 0.15) is 0 Å². The van der Waals surface area contributed by atoms with Gasteiger partial charge in [0.15, 0.2) is 0 Å². The first-order valence-electron chi connectivity index (χ1n) is 9.22. The maximum absolute atomic E-state index is 3.90. The summed E-state index contributed by atoms with van der Waals surface area (Å²) in [7, 11) is 4.52. The number of nitrogens with one attached hydrogen (secondary N) is 1. The van der Waals surface area contributed by atoms with E-state index in [4.69, 9.17) is 0 Å². The van der Waals surface area contributed by atoms with Gasteiger partial charge in [-0.1, -0.05) is 45.3 Å². The van der Waals surface area contributed by atoms with Gasteiger partial charge >= 0.3 is 0 Å². The van der Waals surface area contributed by atoms with Crippen LogP contribution < -0.4 is 5.32 Å². The van der Waals surface area contributed by atoms with Crippen molar-refractivity contribution in [2.24, 2.45) is 0 Å². The topological polar surface area (TPSA) is 15.3 Å². The Hall–Kier alpha value is -0.340. The summed E-state index contributed by atoms with van der Waals surface area (Å²) in [6.45, 7) is 8.10. The Morgan fingerprint density at radius 1 is 1.10 bits per heavy atom. The van der Waals surface area contributed by atoms with Gasteiger partial charge in [0.25, 0.3) is 0 Å². The van der Waals surface area contributed by atoms with Crippen LogP contribution in [0.5, 0.6) is 0 Å². The second-order valence-electron chi connectivity index (χ2n) is 6.82. The van der Waals surface area contributed by atoms with E-state index in [1.165, 1.54) is 57.8 Å². The highest BCUT2D eigenvalue weighted by Crippen LogP contribution is 2.33. The molecule has 0 fully saturated rings. The van der Waals surface area contributed by atoms with Crippen LogP contribution in [0.2, 0.25) is 0 Å². The summed E-state index contributed by atoms with van der Waals surface area (Å²) in [5.74, 6) is 0. The van der Waals surface area contributed by atoms with Crippen LogP contribution >= 0.6 is 0 Å². The predicted octanol–water partition coefficient (Wildman–Crippen LogP) is 4.76. The van der Waals surface area contributed by atoms with E-state index in [2.05, 4.69) is 51.2 Å². The van der Waals surface area contributed by atoms with E-state index < -0.39 is 0 Å². The molecule has 0 aromatic carbocycles. The van der Waals surface area contributed by atoms with Gasteiger partial charge in [-0.2, -0.15) is 0 Å². The van der Waals surface area contributed by atoms with Gasteiger partial charge in [0.05, 0.1) is 0 Å². The van der Waals surface area contributed by atoms with E-state index in [9.17, 15) is 0 Å². The van der Waals surface area contributed by atoms with Gasteiger partial charge in [-0.25, -0.2) is 0 Å². The second kappa shape index (κ2) is 9.63. The van der Waals surface area contributed by atoms with Crippen LogP contribution in [0, 0.1) is 0 Å². The molecule has 1 aliphatic carbocycles. The predicted molar refractivity (Wildman–Crippen MR) is 94.9 cm³/mol. The molecule has 0 bridgehead atoms. The van der Waals surface area contributed by atoms with Crippen molar-refractivity contribution in [3.63, 3.8) is 0 Å². The average molecular weight is 295 g/mol. The third-order valence-electron chi connectivity index (χ3n) is 5.45. The molecule has 0 saturated heterocycles. The van der Waals surface area contributed by atoms with Crippen molar-refractivity contribution in [2.75, 3.05) is 20.6 Å². The molecule has 1 N–H and O–H groups in total. The number of hydrogen-bond donors (Lipinski definition) is 1. The lowest BCUT2D eigenvalue weighted by atomic mass is 9.77. The van der Waals surface area contributed by atoms with E-state index >= 15 is 0 Å². The molecular formula is C19H38N2. The summed E-state index contributed by atoms with van der Waals surface area (Å²) in [5, 5.41) is 3.90. The van der Waals surface area contributed by atoms with Crippen LogP contribution in [0.4, 0.5) is 0 Å². The quantitative estimate of drug-likeness (QED) is 0.650. The van der Waals surface area contributed by atoms with Crippen LogP contribution in [0.3, 0.4) is 0 Å². The van der Waals surface area contributed by atoms with E-state index in [0.29, 0.717) is 6.04 Å². The fourth-order valence-electron chi connectivity index (χ4n) is 3.98. The van der Waals surface area contributed by atoms with Crippen LogP contribution in [0.25, 0.3) is 0 Å². The highest BCUT2D eigenvalue weighted by atomic mass is 15.2. The van der Waals surface area contributed by atoms with Crippen LogP contribution in [0.15, 0.2) is 11.6 Å². The first kappa shape index (κ1) is 18.7. The minimum absolute atomic E-state index is 0.250. The van der Waals surface area contributed by atoms with Crippen molar-refractivity contribution in [1.29, 1.82) is 0 Å². The maximum Gasteiger partial charge on any atom is 0.0466 e. The Morgan fingerprint density at radius 3 is 2.33 bits per heavy atom. The summed E-state index contributed by atoms with van der Waals surface area (Å²) in [4.78, 5) is 2.47. The van der Waals surface area contributed by atoms with Gasteiger partial charge in [0, 0.05) is 11.6 Å². The Bertz CT molecular complexity index is 303. The molecule has 0 radical (unpaired) electrons. The molecule has 1 unspecified atom stereocenters. The molecule has 1 aliphatic rings. The van der Waals surface area contributed by atoms with Crippen LogP contribution in [0.1, 0.15) is 78.6 Å². The molecule has 2 heteroatoms. The lowest BCUT2D eigenvalue weighted by Gasteiger charge is -2.47. The van der Waals surface area contributed by atoms with Gasteiger partial charge in [-0.15, -0.1) is 0 Å². The lowest BCUT2D eigenvalue weighted by molar-refractivity contribution is 0.101. The highest BCUT2D eigenvalue weighted by molar-refractivity contribution is 5.20. The summed E-state index contributed by atoms with van der Waals surface area (Å²) in [6.07, 6.45) is 14.3. The molecule has 0 aromatic rings. The molecule has 0 saturated carbocycles. The van der Waals surface area contributed by atoms with Crippen molar-refractivity contribution >= 4 is 0 Å². The minimum Gasteiger partial charge on any atom is -0.309 e. The standard InChI is InChI=1S/C19H38N2/c1-6-16-20-18(19(7-2,8-3)21(4)5)17-14-12-10-9-11-13-15-17/h14,18,20H,6-13,15-16H2,1-5H3. The molecule has 0 amide bonds. The SMILES string of the molecule is CCCNC(C1=CCCCCCC1)C(CC)(CC)N(C)C. The smallest absolute Gasteiger partial charge is 0.0466 e. The zero-order valence-corrected chi connectivity index (χ0v) is 15.2. The van der Waals surface area contributed by atoms with Gasteiger partial charge in [0.2, 0.25) is 0 Å². The highest BCUT2D eigenvalue weighted by Gasteiger charge is 2.39. The number of likely N-dealkylation sites (N-methyl/N-ethyl adjacent to an activating group) is 1. The van der Waals surface area contributed by atoms with Crippen molar-refractivity contribution in [1.82, 2.24) is 10.2 Å². The average Bonchev–Trinajstić information content (AvgIpc) is 2.44. The largest absolute Gasteiger partial charge is 0.309 e. The molecular weight excluding hydrogens is 256 g/mol. The second-order valence-corrected chi connectivity index (χ2v) is 6.82. The van der Waals surface area contributed by atoms with Gasteiger partial charge in [-0.05, 0) is 65.6 Å². The summed E-state index contributed by atoms with van der Waals surface area (Å²) >= 11 is 0. The Kier molecular flexibility index (Phi) is 8.58. The Morgan fingerprint density at radius 2 is 1.76 bits per heavy atom. The van der Waals surface area contributed by atoms with Crippen LogP contribution in [-0.4, -0.2) is 37.1 Å². The third kappa shape index (κ3) is 4.82. The number of allylic oxidation sites excluding steroid dienone is 1. The third-order valence-corrected chi connectivity index (χ3v) is 5.45. The Balaban J connectivity index is 3.05. The number of rotatable bonds is 8. The first-order valence-corrected chi connectivity index (χ1v) is 9.22. The Labute approximate surface area is 133 Å². The zero-order valence-electron chi connectivity index (χ0n) is 15.2. The molecule has 0 aromatic heterocycles. The van der Waals surface area contributed by atoms with Crippen LogP contribution in [-0.2, 0) is 0 Å². The fraction of sp³-hybridized carbons (Fsp3) is 0.895. The van der Waals surface area contributed by atoms with E-state index in [-0.39, 0.29) is 5.54 Å². The summed E-state index contributed by atoms with van der Waals surface area (Å²) in [6, 6.07) is 0.514. The summed E-state index contributed by atoms with van der Waals surface area (Å²) < 4.78 is 0. The minimum atomic E-state index is 0.250. The molecule has 0 spiro atoms. The maximum atomic E-state index is 3.90. The van der Waals surface area contributed by atoms with Crippen molar-refractivity contribution in [2.45, 2.75) is 90.1 Å². The van der Waals surface area contributed by atoms with E-state index in [0.717, 1.165) is 6.54 Å². The molecule has 1 rings (SSSR count).